The maximum atomic E-state index is 12.3. The van der Waals surface area contributed by atoms with E-state index < -0.39 is 24.4 Å². The number of nitrogens with zero attached hydrogens (tertiary/aromatic N) is 2. The zero-order valence-electron chi connectivity index (χ0n) is 26.0. The normalized spacial score (nSPS) is 11.6. The highest BCUT2D eigenvalue weighted by Gasteiger charge is 2.14. The summed E-state index contributed by atoms with van der Waals surface area (Å²) in [5.74, 6) is 0.490. The van der Waals surface area contributed by atoms with Crippen LogP contribution < -0.4 is 15.4 Å². The zero-order chi connectivity index (χ0) is 33.4. The number of anilines is 2. The molecule has 0 saturated carbocycles. The summed E-state index contributed by atoms with van der Waals surface area (Å²) >= 11 is 0. The van der Waals surface area contributed by atoms with Crippen LogP contribution in [0.25, 0.3) is 0 Å². The SMILES string of the molecule is CC(COC(=O)Nc1ccc(Cc2ccc(N=C=O)cc2)cc1)OCC(C)OC(=O)Nc1ccc(Cc2ccc(OC#N)cc2)cc1. The second-order valence-corrected chi connectivity index (χ2v) is 10.7. The smallest absolute Gasteiger partial charge is 0.411 e. The number of amides is 2. The molecular weight excluding hydrogens is 600 g/mol. The molecule has 0 saturated heterocycles. The average Bonchev–Trinajstić information content (AvgIpc) is 3.06. The van der Waals surface area contributed by atoms with Crippen molar-refractivity contribution in [2.75, 3.05) is 23.8 Å². The Labute approximate surface area is 272 Å². The van der Waals surface area contributed by atoms with E-state index in [1.165, 1.54) is 6.08 Å². The van der Waals surface area contributed by atoms with Crippen molar-refractivity contribution in [2.45, 2.75) is 38.9 Å². The molecule has 2 atom stereocenters. The largest absolute Gasteiger partial charge is 0.447 e. The summed E-state index contributed by atoms with van der Waals surface area (Å²) in [6, 6.07) is 29.3. The minimum Gasteiger partial charge on any atom is -0.447 e. The van der Waals surface area contributed by atoms with Gasteiger partial charge in [-0.05, 0) is 97.5 Å². The van der Waals surface area contributed by atoms with E-state index in [-0.39, 0.29) is 13.2 Å². The second-order valence-electron chi connectivity index (χ2n) is 10.7. The first kappa shape index (κ1) is 33.9. The van der Waals surface area contributed by atoms with E-state index >= 15 is 0 Å². The van der Waals surface area contributed by atoms with Crippen LogP contribution in [0.15, 0.2) is 102 Å². The Balaban J connectivity index is 1.10. The first-order valence-electron chi connectivity index (χ1n) is 14.8. The van der Waals surface area contributed by atoms with Gasteiger partial charge in [0.1, 0.15) is 18.5 Å². The van der Waals surface area contributed by atoms with Crippen LogP contribution in [0, 0.1) is 11.5 Å². The van der Waals surface area contributed by atoms with Crippen molar-refractivity contribution in [2.24, 2.45) is 4.99 Å². The van der Waals surface area contributed by atoms with E-state index in [0.29, 0.717) is 35.7 Å². The number of isocyanates is 1. The summed E-state index contributed by atoms with van der Waals surface area (Å²) in [6.45, 7) is 3.59. The van der Waals surface area contributed by atoms with Crippen molar-refractivity contribution in [1.82, 2.24) is 0 Å². The molecule has 2 N–H and O–H groups in total. The van der Waals surface area contributed by atoms with Gasteiger partial charge in [0.15, 0.2) is 0 Å². The monoisotopic (exact) mass is 634 g/mol. The topological polar surface area (TPSA) is 148 Å². The van der Waals surface area contributed by atoms with Gasteiger partial charge in [0.2, 0.25) is 6.08 Å². The van der Waals surface area contributed by atoms with E-state index in [2.05, 4.69) is 15.6 Å². The number of benzene rings is 4. The van der Waals surface area contributed by atoms with Gasteiger partial charge in [-0.2, -0.15) is 4.99 Å². The molecule has 4 rings (SSSR count). The summed E-state index contributed by atoms with van der Waals surface area (Å²) in [6.07, 6.45) is 2.33. The third kappa shape index (κ3) is 11.8. The van der Waals surface area contributed by atoms with Gasteiger partial charge in [-0.25, -0.2) is 14.4 Å². The lowest BCUT2D eigenvalue weighted by Gasteiger charge is -2.18. The third-order valence-corrected chi connectivity index (χ3v) is 6.79. The maximum Gasteiger partial charge on any atom is 0.411 e. The van der Waals surface area contributed by atoms with Crippen LogP contribution in [-0.4, -0.2) is 43.7 Å². The van der Waals surface area contributed by atoms with Crippen molar-refractivity contribution >= 4 is 35.3 Å². The van der Waals surface area contributed by atoms with Crippen molar-refractivity contribution < 1.29 is 33.3 Å². The van der Waals surface area contributed by atoms with Crippen LogP contribution >= 0.6 is 0 Å². The number of ether oxygens (including phenoxy) is 4. The predicted molar refractivity (Wildman–Crippen MR) is 175 cm³/mol. The lowest BCUT2D eigenvalue weighted by atomic mass is 10.0. The van der Waals surface area contributed by atoms with Crippen molar-refractivity contribution in [3.63, 3.8) is 0 Å². The molecule has 4 aromatic rings. The lowest BCUT2D eigenvalue weighted by molar-refractivity contribution is -0.0231. The Morgan fingerprint density at radius 2 is 1.19 bits per heavy atom. The second kappa shape index (κ2) is 17.5. The van der Waals surface area contributed by atoms with Gasteiger partial charge in [0.05, 0.1) is 18.4 Å². The average molecular weight is 635 g/mol. The Morgan fingerprint density at radius 3 is 1.70 bits per heavy atom. The molecule has 0 aromatic heterocycles. The Kier molecular flexibility index (Phi) is 12.6. The fourth-order valence-electron chi connectivity index (χ4n) is 4.41. The quantitative estimate of drug-likeness (QED) is 0.0835. The molecule has 0 aliphatic carbocycles. The highest BCUT2D eigenvalue weighted by molar-refractivity contribution is 5.85. The number of nitrogens with one attached hydrogen (secondary N) is 2. The molecule has 0 heterocycles. The van der Waals surface area contributed by atoms with Gasteiger partial charge in [-0.3, -0.25) is 10.6 Å². The molecule has 0 fully saturated rings. The Morgan fingerprint density at radius 1 is 0.702 bits per heavy atom. The molecule has 0 aliphatic rings. The highest BCUT2D eigenvalue weighted by Crippen LogP contribution is 2.19. The molecule has 240 valence electrons. The van der Waals surface area contributed by atoms with Gasteiger partial charge in [0, 0.05) is 11.4 Å². The summed E-state index contributed by atoms with van der Waals surface area (Å²) in [4.78, 5) is 38.6. The van der Waals surface area contributed by atoms with Crippen LogP contribution in [0.1, 0.15) is 36.1 Å². The standard InChI is InChI=1S/C36H34N4O7/c1-25(21-45-35(42)39-32-13-5-28(6-14-32)19-27-3-11-31(12-4-27)38-24-41)44-22-26(2)47-36(43)40-33-15-7-29(8-16-33)20-30-9-17-34(18-10-30)46-23-37/h3-18,25-26H,19-22H2,1-2H3,(H,39,42)(H,40,43). The van der Waals surface area contributed by atoms with Crippen LogP contribution in [-0.2, 0) is 31.8 Å². The molecule has 0 bridgehead atoms. The lowest BCUT2D eigenvalue weighted by Crippen LogP contribution is -2.28. The summed E-state index contributed by atoms with van der Waals surface area (Å²) in [7, 11) is 0. The number of hydrogen-bond donors (Lipinski definition) is 2. The minimum atomic E-state index is -0.614. The molecule has 47 heavy (non-hydrogen) atoms. The Hall–Kier alpha value is -5.95. The van der Waals surface area contributed by atoms with E-state index in [4.69, 9.17) is 24.2 Å². The summed E-state index contributed by atoms with van der Waals surface area (Å²) in [5, 5.41) is 14.0. The van der Waals surface area contributed by atoms with Gasteiger partial charge in [-0.15, -0.1) is 5.26 Å². The van der Waals surface area contributed by atoms with Crippen LogP contribution in [0.3, 0.4) is 0 Å². The highest BCUT2D eigenvalue weighted by atomic mass is 16.6. The van der Waals surface area contributed by atoms with Gasteiger partial charge in [-0.1, -0.05) is 48.5 Å². The fraction of sp³-hybridized carbons (Fsp3) is 0.222. The van der Waals surface area contributed by atoms with Crippen LogP contribution in [0.5, 0.6) is 5.75 Å². The van der Waals surface area contributed by atoms with Crippen molar-refractivity contribution in [1.29, 1.82) is 5.26 Å². The third-order valence-electron chi connectivity index (χ3n) is 6.79. The molecule has 4 aromatic carbocycles. The molecule has 2 unspecified atom stereocenters. The Bertz CT molecular complexity index is 1700. The summed E-state index contributed by atoms with van der Waals surface area (Å²) in [5.41, 5.74) is 5.93. The number of carbonyl (C=O) groups is 2. The van der Waals surface area contributed by atoms with Crippen molar-refractivity contribution in [3.05, 3.63) is 119 Å². The number of hydrogen-bond acceptors (Lipinski definition) is 9. The molecule has 0 spiro atoms. The molecule has 11 nitrogen and oxygen atoms in total. The minimum absolute atomic E-state index is 0.0110. The van der Waals surface area contributed by atoms with E-state index in [1.54, 1.807) is 68.6 Å². The zero-order valence-corrected chi connectivity index (χ0v) is 26.0. The van der Waals surface area contributed by atoms with Crippen LogP contribution in [0.2, 0.25) is 0 Å². The number of nitriles is 1. The predicted octanol–water partition coefficient (Wildman–Crippen LogP) is 7.29. The van der Waals surface area contributed by atoms with Gasteiger partial charge >= 0.3 is 12.2 Å². The number of rotatable bonds is 14. The van der Waals surface area contributed by atoms with Gasteiger partial charge in [0.25, 0.3) is 6.26 Å². The maximum absolute atomic E-state index is 12.3. The summed E-state index contributed by atoms with van der Waals surface area (Å²) < 4.78 is 21.1. The molecule has 0 aliphatic heterocycles. The molecule has 0 radical (unpaired) electrons. The molecule has 2 amide bonds. The molecular formula is C36H34N4O7. The first-order valence-corrected chi connectivity index (χ1v) is 14.8. The van der Waals surface area contributed by atoms with Crippen molar-refractivity contribution in [3.8, 4) is 12.0 Å². The molecule has 11 heteroatoms. The number of carbonyl (C=O) groups excluding carboxylic acids is 3. The van der Waals surface area contributed by atoms with Gasteiger partial charge < -0.3 is 18.9 Å². The van der Waals surface area contributed by atoms with E-state index in [1.807, 2.05) is 48.5 Å². The van der Waals surface area contributed by atoms with E-state index in [0.717, 1.165) is 22.3 Å². The number of aliphatic imine (C=N–C) groups is 1. The first-order chi connectivity index (χ1) is 22.8. The van der Waals surface area contributed by atoms with E-state index in [9.17, 15) is 14.4 Å². The fourth-order valence-corrected chi connectivity index (χ4v) is 4.41. The van der Waals surface area contributed by atoms with Crippen LogP contribution in [0.4, 0.5) is 26.7 Å².